The Hall–Kier alpha value is -4.60. The van der Waals surface area contributed by atoms with Crippen LogP contribution in [-0.2, 0) is 0 Å². The molecule has 1 N–H and O–H groups in total. The molecule has 3 heteroatoms. The van der Waals surface area contributed by atoms with Crippen LogP contribution in [0.2, 0.25) is 0 Å². The zero-order valence-electron chi connectivity index (χ0n) is 23.2. The first kappa shape index (κ1) is 26.6. The lowest BCUT2D eigenvalue weighted by Gasteiger charge is -2.26. The molecule has 0 unspecified atom stereocenters. The van der Waals surface area contributed by atoms with Crippen molar-refractivity contribution in [2.24, 2.45) is 0 Å². The van der Waals surface area contributed by atoms with E-state index >= 15 is 0 Å². The third-order valence-electron chi connectivity index (χ3n) is 7.22. The van der Waals surface area contributed by atoms with Crippen LogP contribution in [0, 0.1) is 13.8 Å². The van der Waals surface area contributed by atoms with Crippen molar-refractivity contribution in [1.29, 1.82) is 0 Å². The van der Waals surface area contributed by atoms with Crippen molar-refractivity contribution < 1.29 is 0 Å². The third kappa shape index (κ3) is 6.11. The van der Waals surface area contributed by atoms with Gasteiger partial charge in [0.2, 0.25) is 0 Å². The maximum Gasteiger partial charge on any atom is 0.0464 e. The summed E-state index contributed by atoms with van der Waals surface area (Å²) in [5.74, 6) is 0. The third-order valence-corrected chi connectivity index (χ3v) is 7.75. The standard InChI is InChI=1S/C38H31BrN2/c1-27-7-5-9-31(25-27)37-11-3-4-12-38(37)40-33-19-13-29(14-20-33)30-15-21-34(22-16-30)41(35-23-17-32(39)18-24-35)36-10-6-8-28(2)26-36/h3-26,40H,1-2H3. The molecule has 0 heterocycles. The molecular formula is C38H31BrN2. The Morgan fingerprint density at radius 1 is 0.488 bits per heavy atom. The minimum Gasteiger partial charge on any atom is -0.355 e. The van der Waals surface area contributed by atoms with E-state index in [9.17, 15) is 0 Å². The molecule has 0 aromatic heterocycles. The largest absolute Gasteiger partial charge is 0.355 e. The number of benzene rings is 6. The van der Waals surface area contributed by atoms with Crippen molar-refractivity contribution in [2.45, 2.75) is 13.8 Å². The van der Waals surface area contributed by atoms with Gasteiger partial charge in [0.15, 0.2) is 0 Å². The highest BCUT2D eigenvalue weighted by atomic mass is 79.9. The number of hydrogen-bond donors (Lipinski definition) is 1. The van der Waals surface area contributed by atoms with E-state index < -0.39 is 0 Å². The molecule has 200 valence electrons. The fourth-order valence-corrected chi connectivity index (χ4v) is 5.43. The zero-order chi connectivity index (χ0) is 28.2. The second-order valence-electron chi connectivity index (χ2n) is 10.3. The Balaban J connectivity index is 1.25. The summed E-state index contributed by atoms with van der Waals surface area (Å²) in [7, 11) is 0. The quantitative estimate of drug-likeness (QED) is 0.198. The molecule has 0 amide bonds. The lowest BCUT2D eigenvalue weighted by molar-refractivity contribution is 1.27. The van der Waals surface area contributed by atoms with Gasteiger partial charge in [-0.2, -0.15) is 0 Å². The molecule has 0 bridgehead atoms. The van der Waals surface area contributed by atoms with Crippen LogP contribution in [0.5, 0.6) is 0 Å². The lowest BCUT2D eigenvalue weighted by atomic mass is 10.0. The highest BCUT2D eigenvalue weighted by Gasteiger charge is 2.13. The van der Waals surface area contributed by atoms with E-state index in [2.05, 4.69) is 186 Å². The van der Waals surface area contributed by atoms with Gasteiger partial charge in [0.25, 0.3) is 0 Å². The highest BCUT2D eigenvalue weighted by molar-refractivity contribution is 9.10. The summed E-state index contributed by atoms with van der Waals surface area (Å²) in [5, 5.41) is 3.63. The van der Waals surface area contributed by atoms with Crippen molar-refractivity contribution in [3.8, 4) is 22.3 Å². The summed E-state index contributed by atoms with van der Waals surface area (Å²) >= 11 is 3.57. The number of anilines is 5. The maximum absolute atomic E-state index is 3.63. The first-order valence-corrected chi connectivity index (χ1v) is 14.6. The fourth-order valence-electron chi connectivity index (χ4n) is 5.17. The normalized spacial score (nSPS) is 10.8. The predicted octanol–water partition coefficient (Wildman–Crippen LogP) is 11.6. The average Bonchev–Trinajstić information content (AvgIpc) is 2.99. The van der Waals surface area contributed by atoms with E-state index in [1.807, 2.05) is 0 Å². The fraction of sp³-hybridized carbons (Fsp3) is 0.0526. The molecule has 0 aliphatic heterocycles. The molecule has 2 nitrogen and oxygen atoms in total. The van der Waals surface area contributed by atoms with Crippen LogP contribution in [-0.4, -0.2) is 0 Å². The van der Waals surface area contributed by atoms with Crippen molar-refractivity contribution in [1.82, 2.24) is 0 Å². The summed E-state index contributed by atoms with van der Waals surface area (Å²) in [6, 6.07) is 51.6. The smallest absolute Gasteiger partial charge is 0.0464 e. The number of nitrogens with one attached hydrogen (secondary N) is 1. The van der Waals surface area contributed by atoms with Crippen molar-refractivity contribution in [3.63, 3.8) is 0 Å². The number of hydrogen-bond acceptors (Lipinski definition) is 2. The van der Waals surface area contributed by atoms with Crippen LogP contribution in [0.25, 0.3) is 22.3 Å². The monoisotopic (exact) mass is 594 g/mol. The minimum atomic E-state index is 1.06. The van der Waals surface area contributed by atoms with Gasteiger partial charge in [-0.3, -0.25) is 0 Å². The molecule has 0 atom stereocenters. The number of rotatable bonds is 7. The van der Waals surface area contributed by atoms with Gasteiger partial charge in [0.05, 0.1) is 0 Å². The Morgan fingerprint density at radius 3 is 1.73 bits per heavy atom. The van der Waals surface area contributed by atoms with Crippen molar-refractivity contribution in [3.05, 3.63) is 161 Å². The molecule has 0 spiro atoms. The van der Waals surface area contributed by atoms with Crippen LogP contribution < -0.4 is 10.2 Å². The van der Waals surface area contributed by atoms with Gasteiger partial charge in [-0.25, -0.2) is 0 Å². The first-order chi connectivity index (χ1) is 20.0. The molecule has 41 heavy (non-hydrogen) atoms. The number of aryl methyl sites for hydroxylation is 2. The van der Waals surface area contributed by atoms with Crippen LogP contribution >= 0.6 is 15.9 Å². The molecular weight excluding hydrogens is 564 g/mol. The maximum atomic E-state index is 3.63. The van der Waals surface area contributed by atoms with Gasteiger partial charge < -0.3 is 10.2 Å². The lowest BCUT2D eigenvalue weighted by Crippen LogP contribution is -2.09. The van der Waals surface area contributed by atoms with E-state index in [-0.39, 0.29) is 0 Å². The summed E-state index contributed by atoms with van der Waals surface area (Å²) in [6.07, 6.45) is 0. The average molecular weight is 596 g/mol. The second kappa shape index (κ2) is 11.9. The van der Waals surface area contributed by atoms with Crippen molar-refractivity contribution in [2.75, 3.05) is 10.2 Å². The van der Waals surface area contributed by atoms with E-state index in [1.54, 1.807) is 0 Å². The molecule has 0 aliphatic rings. The zero-order valence-corrected chi connectivity index (χ0v) is 24.8. The van der Waals surface area contributed by atoms with E-state index in [0.717, 1.165) is 32.9 Å². The summed E-state index contributed by atoms with van der Waals surface area (Å²) < 4.78 is 1.07. The Bertz CT molecular complexity index is 1770. The summed E-state index contributed by atoms with van der Waals surface area (Å²) in [5.41, 5.74) is 12.8. The van der Waals surface area contributed by atoms with Gasteiger partial charge in [-0.05, 0) is 103 Å². The Kier molecular flexibility index (Phi) is 7.71. The van der Waals surface area contributed by atoms with Gasteiger partial charge in [-0.1, -0.05) is 100 Å². The Labute approximate surface area is 251 Å². The molecule has 0 saturated carbocycles. The van der Waals surface area contributed by atoms with E-state index in [0.29, 0.717) is 0 Å². The van der Waals surface area contributed by atoms with Gasteiger partial charge in [0.1, 0.15) is 0 Å². The second-order valence-corrected chi connectivity index (χ2v) is 11.2. The number of para-hydroxylation sites is 1. The summed E-state index contributed by atoms with van der Waals surface area (Å²) in [4.78, 5) is 2.29. The minimum absolute atomic E-state index is 1.06. The first-order valence-electron chi connectivity index (χ1n) is 13.8. The molecule has 0 fully saturated rings. The molecule has 6 aromatic rings. The van der Waals surface area contributed by atoms with Gasteiger partial charge in [0, 0.05) is 38.5 Å². The van der Waals surface area contributed by atoms with Gasteiger partial charge in [-0.15, -0.1) is 0 Å². The summed E-state index contributed by atoms with van der Waals surface area (Å²) in [6.45, 7) is 4.26. The van der Waals surface area contributed by atoms with E-state index in [1.165, 1.54) is 33.4 Å². The molecule has 0 saturated heterocycles. The van der Waals surface area contributed by atoms with Crippen LogP contribution in [0.15, 0.2) is 150 Å². The van der Waals surface area contributed by atoms with Crippen LogP contribution in [0.1, 0.15) is 11.1 Å². The highest BCUT2D eigenvalue weighted by Crippen LogP contribution is 2.37. The SMILES string of the molecule is Cc1cccc(-c2ccccc2Nc2ccc(-c3ccc(N(c4ccc(Br)cc4)c4cccc(C)c4)cc3)cc2)c1. The van der Waals surface area contributed by atoms with Gasteiger partial charge >= 0.3 is 0 Å². The predicted molar refractivity (Wildman–Crippen MR) is 179 cm³/mol. The molecule has 0 aliphatic carbocycles. The number of nitrogens with zero attached hydrogens (tertiary/aromatic N) is 1. The topological polar surface area (TPSA) is 15.3 Å². The number of halogens is 1. The molecule has 6 rings (SSSR count). The molecule has 6 aromatic carbocycles. The van der Waals surface area contributed by atoms with E-state index in [4.69, 9.17) is 0 Å². The Morgan fingerprint density at radius 2 is 1.07 bits per heavy atom. The van der Waals surface area contributed by atoms with Crippen LogP contribution in [0.4, 0.5) is 28.4 Å². The van der Waals surface area contributed by atoms with Crippen LogP contribution in [0.3, 0.4) is 0 Å². The molecule has 0 radical (unpaired) electrons. The van der Waals surface area contributed by atoms with Crippen molar-refractivity contribution >= 4 is 44.4 Å².